The number of aromatic nitrogens is 1. The fourth-order valence-corrected chi connectivity index (χ4v) is 4.79. The highest BCUT2D eigenvalue weighted by Gasteiger charge is 2.22. The van der Waals surface area contributed by atoms with E-state index in [9.17, 15) is 8.42 Å². The molecule has 1 aliphatic rings. The zero-order valence-electron chi connectivity index (χ0n) is 12.0. The molecule has 2 rings (SSSR count). The average molecular weight is 317 g/mol. The standard InChI is InChI=1S/C13H23N3O2S2/c1-10(2)16-8-13(5-12(16)6-14)20(17,18)15-7-11-3-4-19-9-11/h5,8,10-11,15H,3-4,6-7,9,14H2,1-2H3. The van der Waals surface area contributed by atoms with Gasteiger partial charge in [-0.15, -0.1) is 0 Å². The van der Waals surface area contributed by atoms with Crippen LogP contribution in [0, 0.1) is 5.92 Å². The Morgan fingerprint density at radius 3 is 2.80 bits per heavy atom. The molecule has 1 unspecified atom stereocenters. The van der Waals surface area contributed by atoms with E-state index in [0.29, 0.717) is 23.9 Å². The molecule has 114 valence electrons. The van der Waals surface area contributed by atoms with Crippen molar-refractivity contribution in [1.82, 2.24) is 9.29 Å². The Morgan fingerprint density at radius 1 is 1.55 bits per heavy atom. The van der Waals surface area contributed by atoms with Crippen LogP contribution in [-0.4, -0.2) is 31.0 Å². The number of nitrogens with one attached hydrogen (secondary N) is 1. The van der Waals surface area contributed by atoms with Gasteiger partial charge in [0.1, 0.15) is 0 Å². The number of rotatable bonds is 6. The summed E-state index contributed by atoms with van der Waals surface area (Å²) in [5.41, 5.74) is 6.52. The van der Waals surface area contributed by atoms with E-state index in [1.54, 1.807) is 12.3 Å². The van der Waals surface area contributed by atoms with Crippen LogP contribution in [0.3, 0.4) is 0 Å². The molecule has 2 heterocycles. The lowest BCUT2D eigenvalue weighted by Gasteiger charge is -2.11. The van der Waals surface area contributed by atoms with E-state index in [0.717, 1.165) is 23.6 Å². The second-order valence-electron chi connectivity index (χ2n) is 5.45. The topological polar surface area (TPSA) is 77.1 Å². The van der Waals surface area contributed by atoms with Gasteiger partial charge in [-0.3, -0.25) is 0 Å². The molecular weight excluding hydrogens is 294 g/mol. The molecule has 5 nitrogen and oxygen atoms in total. The first-order valence-corrected chi connectivity index (χ1v) is 9.56. The number of nitrogens with zero attached hydrogens (tertiary/aromatic N) is 1. The minimum Gasteiger partial charge on any atom is -0.346 e. The van der Waals surface area contributed by atoms with Gasteiger partial charge in [-0.25, -0.2) is 13.1 Å². The molecule has 1 aromatic heterocycles. The average Bonchev–Trinajstić information content (AvgIpc) is 3.05. The fraction of sp³-hybridized carbons (Fsp3) is 0.692. The maximum Gasteiger partial charge on any atom is 0.242 e. The Labute approximate surface area is 125 Å². The summed E-state index contributed by atoms with van der Waals surface area (Å²) in [6.07, 6.45) is 2.77. The molecule has 0 spiro atoms. The molecule has 20 heavy (non-hydrogen) atoms. The molecule has 0 amide bonds. The second kappa shape index (κ2) is 6.51. The Kier molecular flexibility index (Phi) is 5.17. The van der Waals surface area contributed by atoms with Gasteiger partial charge < -0.3 is 10.3 Å². The van der Waals surface area contributed by atoms with Gasteiger partial charge >= 0.3 is 0 Å². The highest BCUT2D eigenvalue weighted by molar-refractivity contribution is 7.99. The minimum absolute atomic E-state index is 0.198. The van der Waals surface area contributed by atoms with Crippen molar-refractivity contribution in [1.29, 1.82) is 0 Å². The van der Waals surface area contributed by atoms with E-state index >= 15 is 0 Å². The summed E-state index contributed by atoms with van der Waals surface area (Å²) in [6, 6.07) is 1.87. The van der Waals surface area contributed by atoms with Crippen LogP contribution in [0.4, 0.5) is 0 Å². The van der Waals surface area contributed by atoms with Crippen molar-refractivity contribution in [3.8, 4) is 0 Å². The van der Waals surface area contributed by atoms with Gasteiger partial charge in [-0.1, -0.05) is 0 Å². The quantitative estimate of drug-likeness (QED) is 0.835. The zero-order valence-corrected chi connectivity index (χ0v) is 13.6. The summed E-state index contributed by atoms with van der Waals surface area (Å²) in [5.74, 6) is 2.63. The third kappa shape index (κ3) is 3.58. The van der Waals surface area contributed by atoms with E-state index < -0.39 is 10.0 Å². The number of thioether (sulfide) groups is 1. The number of hydrogen-bond acceptors (Lipinski definition) is 4. The predicted molar refractivity (Wildman–Crippen MR) is 83.3 cm³/mol. The summed E-state index contributed by atoms with van der Waals surface area (Å²) in [5, 5.41) is 0. The molecule has 1 aliphatic heterocycles. The van der Waals surface area contributed by atoms with Crippen LogP contribution in [0.2, 0.25) is 0 Å². The first-order chi connectivity index (χ1) is 9.44. The fourth-order valence-electron chi connectivity index (χ4n) is 2.34. The highest BCUT2D eigenvalue weighted by Crippen LogP contribution is 2.23. The Bertz CT molecular complexity index is 546. The number of nitrogens with two attached hydrogens (primary N) is 1. The van der Waals surface area contributed by atoms with Crippen molar-refractivity contribution < 1.29 is 8.42 Å². The molecule has 7 heteroatoms. The van der Waals surface area contributed by atoms with Crippen molar-refractivity contribution >= 4 is 21.8 Å². The lowest BCUT2D eigenvalue weighted by atomic mass is 10.1. The molecule has 0 radical (unpaired) electrons. The molecule has 3 N–H and O–H groups in total. The third-order valence-corrected chi connectivity index (χ3v) is 6.19. The van der Waals surface area contributed by atoms with Crippen LogP contribution in [0.25, 0.3) is 0 Å². The number of hydrogen-bond donors (Lipinski definition) is 2. The van der Waals surface area contributed by atoms with Gasteiger partial charge in [0.25, 0.3) is 0 Å². The van der Waals surface area contributed by atoms with E-state index in [1.807, 2.05) is 30.2 Å². The van der Waals surface area contributed by atoms with Crippen LogP contribution >= 0.6 is 11.8 Å². The first kappa shape index (κ1) is 15.9. The van der Waals surface area contributed by atoms with Crippen LogP contribution in [-0.2, 0) is 16.6 Å². The molecule has 0 aromatic carbocycles. The van der Waals surface area contributed by atoms with Gasteiger partial charge in [0.2, 0.25) is 10.0 Å². The van der Waals surface area contributed by atoms with E-state index in [2.05, 4.69) is 4.72 Å². The Morgan fingerprint density at radius 2 is 2.30 bits per heavy atom. The molecule has 0 aliphatic carbocycles. The summed E-state index contributed by atoms with van der Waals surface area (Å²) in [7, 11) is -3.43. The van der Waals surface area contributed by atoms with Crippen molar-refractivity contribution in [2.45, 2.75) is 37.8 Å². The molecule has 0 bridgehead atoms. The molecule has 0 saturated carbocycles. The van der Waals surface area contributed by atoms with E-state index in [4.69, 9.17) is 5.73 Å². The summed E-state index contributed by atoms with van der Waals surface area (Å²) in [6.45, 7) is 4.89. The lowest BCUT2D eigenvalue weighted by Crippen LogP contribution is -2.29. The molecule has 1 atom stereocenters. The smallest absolute Gasteiger partial charge is 0.242 e. The van der Waals surface area contributed by atoms with Crippen molar-refractivity contribution in [3.63, 3.8) is 0 Å². The van der Waals surface area contributed by atoms with Crippen molar-refractivity contribution in [2.75, 3.05) is 18.1 Å². The number of sulfonamides is 1. The molecule has 1 fully saturated rings. The molecule has 1 saturated heterocycles. The van der Waals surface area contributed by atoms with Gasteiger partial charge in [0.15, 0.2) is 0 Å². The zero-order chi connectivity index (χ0) is 14.8. The van der Waals surface area contributed by atoms with Crippen LogP contribution < -0.4 is 10.5 Å². The van der Waals surface area contributed by atoms with Gasteiger partial charge in [-0.2, -0.15) is 11.8 Å². The monoisotopic (exact) mass is 317 g/mol. The van der Waals surface area contributed by atoms with Gasteiger partial charge in [-0.05, 0) is 43.8 Å². The van der Waals surface area contributed by atoms with Crippen molar-refractivity contribution in [3.05, 3.63) is 18.0 Å². The van der Waals surface area contributed by atoms with Crippen LogP contribution in [0.1, 0.15) is 32.0 Å². The van der Waals surface area contributed by atoms with E-state index in [-0.39, 0.29) is 6.04 Å². The summed E-state index contributed by atoms with van der Waals surface area (Å²) >= 11 is 1.89. The Hall–Kier alpha value is -0.500. The van der Waals surface area contributed by atoms with Crippen LogP contribution in [0.5, 0.6) is 0 Å². The third-order valence-electron chi connectivity index (χ3n) is 3.57. The minimum atomic E-state index is -3.43. The van der Waals surface area contributed by atoms with E-state index in [1.165, 1.54) is 0 Å². The molecule has 1 aromatic rings. The first-order valence-electron chi connectivity index (χ1n) is 6.92. The maximum atomic E-state index is 12.3. The van der Waals surface area contributed by atoms with Gasteiger partial charge in [0.05, 0.1) is 4.90 Å². The maximum absolute atomic E-state index is 12.3. The normalized spacial score (nSPS) is 19.9. The second-order valence-corrected chi connectivity index (χ2v) is 8.37. The van der Waals surface area contributed by atoms with Crippen molar-refractivity contribution in [2.24, 2.45) is 11.7 Å². The largest absolute Gasteiger partial charge is 0.346 e. The highest BCUT2D eigenvalue weighted by atomic mass is 32.2. The lowest BCUT2D eigenvalue weighted by molar-refractivity contribution is 0.544. The Balaban J connectivity index is 2.12. The van der Waals surface area contributed by atoms with Crippen LogP contribution in [0.15, 0.2) is 17.2 Å². The summed E-state index contributed by atoms with van der Waals surface area (Å²) in [4.78, 5) is 0.317. The summed E-state index contributed by atoms with van der Waals surface area (Å²) < 4.78 is 29.3. The predicted octanol–water partition coefficient (Wildman–Crippen LogP) is 1.56. The SMILES string of the molecule is CC(C)n1cc(S(=O)(=O)NCC2CCSC2)cc1CN. The van der Waals surface area contributed by atoms with Gasteiger partial charge in [0, 0.05) is 31.0 Å². The molecular formula is C13H23N3O2S2.